The predicted molar refractivity (Wildman–Crippen MR) is 109 cm³/mol. The number of anilines is 2. The van der Waals surface area contributed by atoms with Crippen LogP contribution in [0.4, 0.5) is 11.4 Å². The number of rotatable bonds is 3. The van der Waals surface area contributed by atoms with Crippen LogP contribution in [0.5, 0.6) is 0 Å². The number of carbonyl (C=O) groups excluding carboxylic acids is 2. The Balaban J connectivity index is 1.42. The fourth-order valence-electron chi connectivity index (χ4n) is 3.58. The van der Waals surface area contributed by atoms with Crippen molar-refractivity contribution in [3.05, 3.63) is 54.6 Å². The summed E-state index contributed by atoms with van der Waals surface area (Å²) in [5, 5.41) is 0. The summed E-state index contributed by atoms with van der Waals surface area (Å²) in [6.45, 7) is 3.13. The number of hydrogen-bond acceptors (Lipinski definition) is 4. The molecule has 2 heterocycles. The molecular weight excluding hydrogens is 358 g/mol. The van der Waals surface area contributed by atoms with Gasteiger partial charge in [-0.1, -0.05) is 30.3 Å². The average molecular weight is 382 g/mol. The summed E-state index contributed by atoms with van der Waals surface area (Å²) in [6.07, 6.45) is 0.467. The van der Waals surface area contributed by atoms with E-state index in [4.69, 9.17) is 0 Å². The quantitative estimate of drug-likeness (QED) is 0.820. The standard InChI is InChI=1S/C21H23N3O2S/c25-20-10-15-27-19-9-5-4-8-18(19)24(20)16-21(26)23-13-11-22(12-14-23)17-6-2-1-3-7-17/h1-9H,10-16H2. The van der Waals surface area contributed by atoms with Crippen molar-refractivity contribution in [2.45, 2.75) is 11.3 Å². The molecule has 0 spiro atoms. The van der Waals surface area contributed by atoms with Crippen LogP contribution in [0.25, 0.3) is 0 Å². The van der Waals surface area contributed by atoms with Crippen molar-refractivity contribution in [1.82, 2.24) is 4.90 Å². The van der Waals surface area contributed by atoms with Crippen molar-refractivity contribution in [3.63, 3.8) is 0 Å². The van der Waals surface area contributed by atoms with E-state index in [1.807, 2.05) is 47.4 Å². The highest BCUT2D eigenvalue weighted by Crippen LogP contribution is 2.34. The van der Waals surface area contributed by atoms with E-state index in [0.29, 0.717) is 19.5 Å². The second-order valence-electron chi connectivity index (χ2n) is 6.75. The molecule has 0 radical (unpaired) electrons. The first-order valence-electron chi connectivity index (χ1n) is 9.32. The molecule has 2 aromatic carbocycles. The number of nitrogens with zero attached hydrogens (tertiary/aromatic N) is 3. The van der Waals surface area contributed by atoms with Crippen LogP contribution in [0.2, 0.25) is 0 Å². The maximum Gasteiger partial charge on any atom is 0.242 e. The lowest BCUT2D eigenvalue weighted by molar-refractivity contribution is -0.131. The van der Waals surface area contributed by atoms with Crippen molar-refractivity contribution < 1.29 is 9.59 Å². The van der Waals surface area contributed by atoms with Gasteiger partial charge in [-0.25, -0.2) is 0 Å². The van der Waals surface area contributed by atoms with Crippen LogP contribution in [-0.2, 0) is 9.59 Å². The van der Waals surface area contributed by atoms with Crippen LogP contribution in [0.3, 0.4) is 0 Å². The summed E-state index contributed by atoms with van der Waals surface area (Å²) >= 11 is 1.68. The van der Waals surface area contributed by atoms with Crippen LogP contribution in [0.15, 0.2) is 59.5 Å². The van der Waals surface area contributed by atoms with E-state index < -0.39 is 0 Å². The Hall–Kier alpha value is -2.47. The molecule has 0 atom stereocenters. The largest absolute Gasteiger partial charge is 0.368 e. The van der Waals surface area contributed by atoms with Crippen molar-refractivity contribution in [2.24, 2.45) is 0 Å². The molecule has 1 fully saturated rings. The smallest absolute Gasteiger partial charge is 0.242 e. The second-order valence-corrected chi connectivity index (χ2v) is 7.89. The van der Waals surface area contributed by atoms with Gasteiger partial charge < -0.3 is 14.7 Å². The third-order valence-corrected chi connectivity index (χ3v) is 6.14. The maximum atomic E-state index is 12.9. The monoisotopic (exact) mass is 381 g/mol. The van der Waals surface area contributed by atoms with Crippen molar-refractivity contribution >= 4 is 35.0 Å². The highest BCUT2D eigenvalue weighted by Gasteiger charge is 2.28. The minimum absolute atomic E-state index is 0.0257. The zero-order valence-electron chi connectivity index (χ0n) is 15.2. The maximum absolute atomic E-state index is 12.9. The molecule has 5 nitrogen and oxygen atoms in total. The van der Waals surface area contributed by atoms with Gasteiger partial charge in [-0.15, -0.1) is 11.8 Å². The van der Waals surface area contributed by atoms with Gasteiger partial charge in [0.1, 0.15) is 6.54 Å². The van der Waals surface area contributed by atoms with E-state index in [-0.39, 0.29) is 18.4 Å². The van der Waals surface area contributed by atoms with Crippen LogP contribution in [-0.4, -0.2) is 55.2 Å². The SMILES string of the molecule is O=C(CN1C(=O)CCSc2ccccc21)N1CCN(c2ccccc2)CC1. The molecule has 2 amide bonds. The highest BCUT2D eigenvalue weighted by atomic mass is 32.2. The van der Waals surface area contributed by atoms with Gasteiger partial charge >= 0.3 is 0 Å². The Morgan fingerprint density at radius 3 is 2.41 bits per heavy atom. The Bertz CT molecular complexity index is 819. The molecule has 4 rings (SSSR count). The van der Waals surface area contributed by atoms with Crippen LogP contribution >= 0.6 is 11.8 Å². The Morgan fingerprint density at radius 2 is 1.63 bits per heavy atom. The molecule has 0 aliphatic carbocycles. The molecule has 0 aromatic heterocycles. The fraction of sp³-hybridized carbons (Fsp3) is 0.333. The van der Waals surface area contributed by atoms with Crippen LogP contribution in [0, 0.1) is 0 Å². The molecule has 0 bridgehead atoms. The number of piperazine rings is 1. The molecular formula is C21H23N3O2S. The summed E-state index contributed by atoms with van der Waals surface area (Å²) in [5.74, 6) is 0.817. The highest BCUT2D eigenvalue weighted by molar-refractivity contribution is 7.99. The summed E-state index contributed by atoms with van der Waals surface area (Å²) in [7, 11) is 0. The summed E-state index contributed by atoms with van der Waals surface area (Å²) < 4.78 is 0. The van der Waals surface area contributed by atoms with Gasteiger partial charge in [0.05, 0.1) is 5.69 Å². The number of thioether (sulfide) groups is 1. The van der Waals surface area contributed by atoms with Crippen molar-refractivity contribution in [1.29, 1.82) is 0 Å². The third-order valence-electron chi connectivity index (χ3n) is 5.08. The van der Waals surface area contributed by atoms with E-state index in [0.717, 1.165) is 29.4 Å². The molecule has 1 saturated heterocycles. The molecule has 0 saturated carbocycles. The van der Waals surface area contributed by atoms with Gasteiger partial charge in [-0.2, -0.15) is 0 Å². The minimum Gasteiger partial charge on any atom is -0.368 e. The summed E-state index contributed by atoms with van der Waals surface area (Å²) in [4.78, 5) is 32.4. The van der Waals surface area contributed by atoms with Crippen molar-refractivity contribution in [3.8, 4) is 0 Å². The van der Waals surface area contributed by atoms with Crippen molar-refractivity contribution in [2.75, 3.05) is 48.3 Å². The lowest BCUT2D eigenvalue weighted by Crippen LogP contribution is -2.52. The Kier molecular flexibility index (Phi) is 5.34. The topological polar surface area (TPSA) is 43.9 Å². The van der Waals surface area contributed by atoms with Gasteiger partial charge in [-0.05, 0) is 24.3 Å². The molecule has 0 N–H and O–H groups in total. The van der Waals surface area contributed by atoms with Crippen LogP contribution < -0.4 is 9.80 Å². The normalized spacial score (nSPS) is 17.5. The van der Waals surface area contributed by atoms with E-state index in [2.05, 4.69) is 17.0 Å². The van der Waals surface area contributed by atoms with E-state index >= 15 is 0 Å². The zero-order chi connectivity index (χ0) is 18.6. The predicted octanol–water partition coefficient (Wildman–Crippen LogP) is 2.86. The first kappa shape index (κ1) is 17.9. The summed E-state index contributed by atoms with van der Waals surface area (Å²) in [6, 6.07) is 18.1. The number of para-hydroxylation sites is 2. The number of carbonyl (C=O) groups is 2. The number of hydrogen-bond donors (Lipinski definition) is 0. The molecule has 140 valence electrons. The second kappa shape index (κ2) is 8.05. The molecule has 2 aliphatic rings. The molecule has 6 heteroatoms. The lowest BCUT2D eigenvalue weighted by Gasteiger charge is -2.37. The Labute approximate surface area is 163 Å². The number of benzene rings is 2. The summed E-state index contributed by atoms with van der Waals surface area (Å²) in [5.41, 5.74) is 2.06. The number of fused-ring (bicyclic) bond motifs is 1. The van der Waals surface area contributed by atoms with E-state index in [1.54, 1.807) is 16.7 Å². The van der Waals surface area contributed by atoms with Gasteiger partial charge in [-0.3, -0.25) is 9.59 Å². The van der Waals surface area contributed by atoms with Gasteiger partial charge in [0, 0.05) is 48.9 Å². The van der Waals surface area contributed by atoms with Crippen LogP contribution in [0.1, 0.15) is 6.42 Å². The number of amides is 2. The first-order chi connectivity index (χ1) is 13.2. The van der Waals surface area contributed by atoms with E-state index in [9.17, 15) is 9.59 Å². The minimum atomic E-state index is 0.0257. The van der Waals surface area contributed by atoms with Gasteiger partial charge in [0.25, 0.3) is 0 Å². The zero-order valence-corrected chi connectivity index (χ0v) is 16.0. The van der Waals surface area contributed by atoms with Gasteiger partial charge in [0.15, 0.2) is 0 Å². The Morgan fingerprint density at radius 1 is 0.926 bits per heavy atom. The first-order valence-corrected chi connectivity index (χ1v) is 10.3. The lowest BCUT2D eigenvalue weighted by atomic mass is 10.2. The van der Waals surface area contributed by atoms with Gasteiger partial charge in [0.2, 0.25) is 11.8 Å². The molecule has 2 aromatic rings. The molecule has 0 unspecified atom stereocenters. The average Bonchev–Trinajstić information content (AvgIpc) is 2.88. The third kappa shape index (κ3) is 3.95. The molecule has 2 aliphatic heterocycles. The fourth-order valence-corrected chi connectivity index (χ4v) is 4.58. The molecule has 27 heavy (non-hydrogen) atoms. The van der Waals surface area contributed by atoms with E-state index in [1.165, 1.54) is 5.69 Å².